The molecule has 0 spiro atoms. The van der Waals surface area contributed by atoms with Crippen LogP contribution in [0.4, 0.5) is 17.1 Å². The Hall–Kier alpha value is -7.94. The molecule has 11 aromatic rings. The molecule has 0 aliphatic carbocycles. The molecule has 0 saturated carbocycles. The van der Waals surface area contributed by atoms with Gasteiger partial charge in [0.2, 0.25) is 0 Å². The van der Waals surface area contributed by atoms with E-state index < -0.39 is 0 Å². The minimum Gasteiger partial charge on any atom is -0.310 e. The maximum absolute atomic E-state index is 2.48. The average molecular weight is 765 g/mol. The zero-order chi connectivity index (χ0) is 39.8. The fourth-order valence-electron chi connectivity index (χ4n) is 9.07. The lowest BCUT2D eigenvalue weighted by Crippen LogP contribution is -2.11. The van der Waals surface area contributed by atoms with Gasteiger partial charge in [-0.3, -0.25) is 0 Å². The number of rotatable bonds is 8. The van der Waals surface area contributed by atoms with Crippen LogP contribution in [-0.2, 0) is 0 Å². The molecule has 0 amide bonds. The maximum Gasteiger partial charge on any atom is 0.0562 e. The predicted octanol–water partition coefficient (Wildman–Crippen LogP) is 16.1. The molecule has 0 aliphatic rings. The molecule has 0 saturated heterocycles. The molecule has 0 atom stereocenters. The Kier molecular flexibility index (Phi) is 8.87. The molecule has 282 valence electrons. The summed E-state index contributed by atoms with van der Waals surface area (Å²) < 4.78 is 2.48. The summed E-state index contributed by atoms with van der Waals surface area (Å²) in [4.78, 5) is 2.44. The Morgan fingerprint density at radius 2 is 0.833 bits per heavy atom. The van der Waals surface area contributed by atoms with Crippen LogP contribution >= 0.6 is 0 Å². The lowest BCUT2D eigenvalue weighted by atomic mass is 9.93. The number of nitrogens with zero attached hydrogens (tertiary/aromatic N) is 2. The fourth-order valence-corrected chi connectivity index (χ4v) is 9.07. The second-order valence-electron chi connectivity index (χ2n) is 15.3. The van der Waals surface area contributed by atoms with E-state index in [1.165, 1.54) is 71.6 Å². The summed E-state index contributed by atoms with van der Waals surface area (Å²) in [5, 5.41) is 4.88. The van der Waals surface area contributed by atoms with E-state index in [4.69, 9.17) is 0 Å². The first kappa shape index (κ1) is 35.2. The van der Waals surface area contributed by atoms with E-state index in [2.05, 4.69) is 252 Å². The van der Waals surface area contributed by atoms with Crippen LogP contribution in [0.25, 0.3) is 82.8 Å². The van der Waals surface area contributed by atoms with E-state index in [1.807, 2.05) is 0 Å². The van der Waals surface area contributed by atoms with Crippen LogP contribution in [-0.4, -0.2) is 4.57 Å². The van der Waals surface area contributed by atoms with Crippen LogP contribution in [0, 0.1) is 0 Å². The Labute approximate surface area is 350 Å². The molecule has 11 rings (SSSR count). The topological polar surface area (TPSA) is 8.17 Å². The van der Waals surface area contributed by atoms with E-state index in [0.717, 1.165) is 28.3 Å². The second-order valence-corrected chi connectivity index (χ2v) is 15.3. The number of anilines is 3. The van der Waals surface area contributed by atoms with Gasteiger partial charge < -0.3 is 9.47 Å². The van der Waals surface area contributed by atoms with Gasteiger partial charge in [0.25, 0.3) is 0 Å². The lowest BCUT2D eigenvalue weighted by Gasteiger charge is -2.28. The van der Waals surface area contributed by atoms with Crippen LogP contribution < -0.4 is 4.90 Å². The average Bonchev–Trinajstić information content (AvgIpc) is 3.66. The Morgan fingerprint density at radius 3 is 1.62 bits per heavy atom. The van der Waals surface area contributed by atoms with Crippen LogP contribution in [0.1, 0.15) is 0 Å². The summed E-state index contributed by atoms with van der Waals surface area (Å²) in [6.07, 6.45) is 0. The fraction of sp³-hybridized carbons (Fsp3) is 0. The van der Waals surface area contributed by atoms with Crippen molar-refractivity contribution < 1.29 is 0 Å². The summed E-state index contributed by atoms with van der Waals surface area (Å²) >= 11 is 0. The third kappa shape index (κ3) is 6.14. The van der Waals surface area contributed by atoms with Gasteiger partial charge in [-0.2, -0.15) is 0 Å². The zero-order valence-electron chi connectivity index (χ0n) is 33.0. The van der Waals surface area contributed by atoms with Gasteiger partial charge >= 0.3 is 0 Å². The number of aromatic nitrogens is 1. The molecule has 0 unspecified atom stereocenters. The summed E-state index contributed by atoms with van der Waals surface area (Å²) in [5.41, 5.74) is 16.2. The van der Waals surface area contributed by atoms with E-state index in [-0.39, 0.29) is 0 Å². The third-order valence-corrected chi connectivity index (χ3v) is 11.8. The summed E-state index contributed by atoms with van der Waals surface area (Å²) in [6.45, 7) is 0. The van der Waals surface area contributed by atoms with E-state index in [1.54, 1.807) is 0 Å². The highest BCUT2D eigenvalue weighted by molar-refractivity contribution is 6.12. The number of hydrogen-bond acceptors (Lipinski definition) is 1. The quantitative estimate of drug-likeness (QED) is 0.150. The first-order chi connectivity index (χ1) is 29.8. The summed E-state index contributed by atoms with van der Waals surface area (Å²) in [6, 6.07) is 88.0. The molecule has 2 nitrogen and oxygen atoms in total. The van der Waals surface area contributed by atoms with Crippen molar-refractivity contribution in [3.8, 4) is 50.2 Å². The minimum atomic E-state index is 1.08. The monoisotopic (exact) mass is 764 g/mol. The van der Waals surface area contributed by atoms with Gasteiger partial charge in [-0.1, -0.05) is 200 Å². The highest BCUT2D eigenvalue weighted by atomic mass is 15.1. The number of hydrogen-bond donors (Lipinski definition) is 0. The molecule has 1 heterocycles. The van der Waals surface area contributed by atoms with Gasteiger partial charge in [0.1, 0.15) is 0 Å². The Morgan fingerprint density at radius 1 is 0.300 bits per heavy atom. The molecule has 0 bridgehead atoms. The van der Waals surface area contributed by atoms with Crippen molar-refractivity contribution in [2.45, 2.75) is 0 Å². The van der Waals surface area contributed by atoms with Crippen LogP contribution in [0.5, 0.6) is 0 Å². The standard InChI is InChI=1S/C58H40N2/c1-4-18-41(19-5-1)42-34-36-46(37-35-42)59(54-31-14-12-27-51(54)50-30-16-25-43-22-10-11-26-48(43)50)47-38-39-53-52-28-13-15-32-55(52)60(57(53)40-47)56-33-17-29-49(44-20-6-2-7-21-44)58(56)45-23-8-3-9-24-45/h1-40H. The molecule has 10 aromatic carbocycles. The van der Waals surface area contributed by atoms with Gasteiger partial charge in [0.15, 0.2) is 0 Å². The number of para-hydroxylation sites is 2. The first-order valence-corrected chi connectivity index (χ1v) is 20.6. The third-order valence-electron chi connectivity index (χ3n) is 11.8. The first-order valence-electron chi connectivity index (χ1n) is 20.6. The molecular weight excluding hydrogens is 725 g/mol. The molecule has 0 radical (unpaired) electrons. The largest absolute Gasteiger partial charge is 0.310 e. The predicted molar refractivity (Wildman–Crippen MR) is 255 cm³/mol. The molecular formula is C58H40N2. The van der Waals surface area contributed by atoms with Gasteiger partial charge in [-0.15, -0.1) is 0 Å². The van der Waals surface area contributed by atoms with Crippen molar-refractivity contribution in [2.75, 3.05) is 4.90 Å². The Bertz CT molecular complexity index is 3290. The molecule has 2 heteroatoms. The van der Waals surface area contributed by atoms with Gasteiger partial charge in [-0.25, -0.2) is 0 Å². The number of fused-ring (bicyclic) bond motifs is 4. The van der Waals surface area contributed by atoms with Crippen molar-refractivity contribution in [2.24, 2.45) is 0 Å². The minimum absolute atomic E-state index is 1.08. The van der Waals surface area contributed by atoms with E-state index in [0.29, 0.717) is 0 Å². The normalized spacial score (nSPS) is 11.3. The van der Waals surface area contributed by atoms with Crippen molar-refractivity contribution in [1.29, 1.82) is 0 Å². The smallest absolute Gasteiger partial charge is 0.0562 e. The van der Waals surface area contributed by atoms with Crippen LogP contribution in [0.2, 0.25) is 0 Å². The van der Waals surface area contributed by atoms with Crippen molar-refractivity contribution in [3.63, 3.8) is 0 Å². The molecule has 0 fully saturated rings. The molecule has 0 aliphatic heterocycles. The SMILES string of the molecule is c1ccc(-c2ccc(N(c3ccc4c5ccccc5n(-c5cccc(-c6ccccc6)c5-c5ccccc5)c4c3)c3ccccc3-c3cccc4ccccc34)cc2)cc1. The van der Waals surface area contributed by atoms with E-state index >= 15 is 0 Å². The van der Waals surface area contributed by atoms with Crippen molar-refractivity contribution in [3.05, 3.63) is 243 Å². The summed E-state index contributed by atoms with van der Waals surface area (Å²) in [5.74, 6) is 0. The van der Waals surface area contributed by atoms with E-state index in [9.17, 15) is 0 Å². The zero-order valence-corrected chi connectivity index (χ0v) is 33.0. The van der Waals surface area contributed by atoms with Crippen LogP contribution in [0.3, 0.4) is 0 Å². The highest BCUT2D eigenvalue weighted by Gasteiger charge is 2.23. The molecule has 1 aromatic heterocycles. The highest BCUT2D eigenvalue weighted by Crippen LogP contribution is 2.46. The molecule has 0 N–H and O–H groups in total. The van der Waals surface area contributed by atoms with Gasteiger partial charge in [0, 0.05) is 33.3 Å². The van der Waals surface area contributed by atoms with Crippen molar-refractivity contribution in [1.82, 2.24) is 4.57 Å². The van der Waals surface area contributed by atoms with Gasteiger partial charge in [-0.05, 0) is 86.6 Å². The van der Waals surface area contributed by atoms with Crippen molar-refractivity contribution >= 4 is 49.6 Å². The Balaban J connectivity index is 1.18. The number of benzene rings is 10. The lowest BCUT2D eigenvalue weighted by molar-refractivity contribution is 1.18. The maximum atomic E-state index is 2.48. The summed E-state index contributed by atoms with van der Waals surface area (Å²) in [7, 11) is 0. The molecule has 60 heavy (non-hydrogen) atoms. The second kappa shape index (κ2) is 15.1. The van der Waals surface area contributed by atoms with Gasteiger partial charge in [0.05, 0.1) is 22.4 Å². The van der Waals surface area contributed by atoms with Crippen LogP contribution in [0.15, 0.2) is 243 Å².